The van der Waals surface area contributed by atoms with Gasteiger partial charge in [-0.2, -0.15) is 0 Å². The van der Waals surface area contributed by atoms with E-state index in [-0.39, 0.29) is 11.3 Å². The van der Waals surface area contributed by atoms with E-state index in [0.717, 1.165) is 6.42 Å². The summed E-state index contributed by atoms with van der Waals surface area (Å²) in [6.45, 7) is 2.76. The van der Waals surface area contributed by atoms with E-state index in [9.17, 15) is 13.2 Å². The third-order valence-corrected chi connectivity index (χ3v) is 4.87. The molecule has 0 bridgehead atoms. The highest BCUT2D eigenvalue weighted by molar-refractivity contribution is 7.93. The Morgan fingerprint density at radius 2 is 2.15 bits per heavy atom. The van der Waals surface area contributed by atoms with Crippen LogP contribution in [0.25, 0.3) is 0 Å². The molecule has 1 aliphatic rings. The lowest BCUT2D eigenvalue weighted by Crippen LogP contribution is -2.25. The first-order valence-corrected chi connectivity index (χ1v) is 8.06. The summed E-state index contributed by atoms with van der Waals surface area (Å²) in [7, 11) is -3.34. The van der Waals surface area contributed by atoms with Crippen LogP contribution in [-0.2, 0) is 10.0 Å². The molecular formula is C13H17NO5S. The van der Waals surface area contributed by atoms with Crippen molar-refractivity contribution in [3.05, 3.63) is 23.8 Å². The van der Waals surface area contributed by atoms with Crippen molar-refractivity contribution in [1.82, 2.24) is 0 Å². The lowest BCUT2D eigenvalue weighted by Gasteiger charge is -2.18. The van der Waals surface area contributed by atoms with Gasteiger partial charge in [0.15, 0.2) is 0 Å². The van der Waals surface area contributed by atoms with E-state index in [1.54, 1.807) is 6.07 Å². The van der Waals surface area contributed by atoms with E-state index in [2.05, 4.69) is 0 Å². The average Bonchev–Trinajstić information content (AvgIpc) is 2.75. The maximum atomic E-state index is 11.9. The van der Waals surface area contributed by atoms with Crippen molar-refractivity contribution in [1.29, 1.82) is 0 Å². The van der Waals surface area contributed by atoms with E-state index in [4.69, 9.17) is 9.84 Å². The van der Waals surface area contributed by atoms with Gasteiger partial charge in [0.2, 0.25) is 10.0 Å². The Balaban J connectivity index is 2.41. The largest absolute Gasteiger partial charge is 0.494 e. The Labute approximate surface area is 118 Å². The predicted molar refractivity (Wildman–Crippen MR) is 74.9 cm³/mol. The number of carbonyl (C=O) groups is 1. The fraction of sp³-hybridized carbons (Fsp3) is 0.462. The van der Waals surface area contributed by atoms with Crippen molar-refractivity contribution in [2.45, 2.75) is 19.8 Å². The van der Waals surface area contributed by atoms with Crippen LogP contribution < -0.4 is 9.04 Å². The number of ether oxygens (including phenoxy) is 1. The number of hydrogen-bond acceptors (Lipinski definition) is 4. The van der Waals surface area contributed by atoms with E-state index < -0.39 is 16.0 Å². The minimum absolute atomic E-state index is 0.0238. The zero-order chi connectivity index (χ0) is 14.8. The second kappa shape index (κ2) is 5.70. The molecule has 0 saturated carbocycles. The Morgan fingerprint density at radius 1 is 1.40 bits per heavy atom. The molecular weight excluding hydrogens is 282 g/mol. The summed E-state index contributed by atoms with van der Waals surface area (Å²) in [5, 5.41) is 9.11. The van der Waals surface area contributed by atoms with Crippen molar-refractivity contribution in [3.8, 4) is 5.75 Å². The van der Waals surface area contributed by atoms with Crippen molar-refractivity contribution in [3.63, 3.8) is 0 Å². The Kier molecular flexibility index (Phi) is 4.17. The van der Waals surface area contributed by atoms with Gasteiger partial charge in [-0.05, 0) is 25.0 Å². The maximum Gasteiger partial charge on any atom is 0.335 e. The minimum atomic E-state index is -3.34. The molecule has 1 aromatic rings. The van der Waals surface area contributed by atoms with Gasteiger partial charge in [0.05, 0.1) is 23.6 Å². The lowest BCUT2D eigenvalue weighted by atomic mass is 10.2. The molecule has 6 nitrogen and oxygen atoms in total. The van der Waals surface area contributed by atoms with E-state index in [0.29, 0.717) is 31.0 Å². The molecule has 1 aromatic carbocycles. The SMILES string of the molecule is CCCOc1cc(C(=O)O)cc(N2CCCS2(=O)=O)c1. The molecule has 20 heavy (non-hydrogen) atoms. The zero-order valence-electron chi connectivity index (χ0n) is 11.2. The third kappa shape index (κ3) is 3.04. The molecule has 1 N–H and O–H groups in total. The van der Waals surface area contributed by atoms with Crippen LogP contribution in [0.3, 0.4) is 0 Å². The predicted octanol–water partition coefficient (Wildman–Crippen LogP) is 1.71. The normalized spacial score (nSPS) is 17.1. The molecule has 0 radical (unpaired) electrons. The molecule has 1 fully saturated rings. The van der Waals surface area contributed by atoms with Crippen LogP contribution in [0.5, 0.6) is 5.75 Å². The molecule has 0 spiro atoms. The second-order valence-corrected chi connectivity index (χ2v) is 6.62. The van der Waals surface area contributed by atoms with E-state index in [1.165, 1.54) is 16.4 Å². The first kappa shape index (κ1) is 14.6. The van der Waals surface area contributed by atoms with Crippen molar-refractivity contribution < 1.29 is 23.1 Å². The van der Waals surface area contributed by atoms with Gasteiger partial charge in [-0.1, -0.05) is 6.92 Å². The summed E-state index contributed by atoms with van der Waals surface area (Å²) in [6, 6.07) is 4.35. The first-order chi connectivity index (χ1) is 9.44. The van der Waals surface area contributed by atoms with Crippen LogP contribution in [0.1, 0.15) is 30.1 Å². The number of aromatic carboxylic acids is 1. The molecule has 1 aliphatic heterocycles. The molecule has 0 amide bonds. The zero-order valence-corrected chi connectivity index (χ0v) is 12.0. The van der Waals surface area contributed by atoms with Gasteiger partial charge in [0.25, 0.3) is 0 Å². The van der Waals surface area contributed by atoms with Gasteiger partial charge in [-0.25, -0.2) is 13.2 Å². The summed E-state index contributed by atoms with van der Waals surface area (Å²) >= 11 is 0. The van der Waals surface area contributed by atoms with Crippen LogP contribution >= 0.6 is 0 Å². The molecule has 1 saturated heterocycles. The minimum Gasteiger partial charge on any atom is -0.494 e. The topological polar surface area (TPSA) is 83.9 Å². The highest BCUT2D eigenvalue weighted by Crippen LogP contribution is 2.29. The van der Waals surface area contributed by atoms with Gasteiger partial charge in [-0.15, -0.1) is 0 Å². The number of anilines is 1. The van der Waals surface area contributed by atoms with E-state index in [1.807, 2.05) is 6.92 Å². The van der Waals surface area contributed by atoms with Gasteiger partial charge in [0.1, 0.15) is 5.75 Å². The quantitative estimate of drug-likeness (QED) is 0.895. The Hall–Kier alpha value is -1.76. The fourth-order valence-corrected chi connectivity index (χ4v) is 3.63. The van der Waals surface area contributed by atoms with Crippen molar-refractivity contribution in [2.75, 3.05) is 23.2 Å². The molecule has 110 valence electrons. The number of sulfonamides is 1. The molecule has 0 unspecified atom stereocenters. The van der Waals surface area contributed by atoms with Crippen LogP contribution in [0.15, 0.2) is 18.2 Å². The summed E-state index contributed by atoms with van der Waals surface area (Å²) < 4.78 is 30.5. The summed E-state index contributed by atoms with van der Waals surface area (Å²) in [5.74, 6) is -0.635. The number of carboxylic acid groups (broad SMARTS) is 1. The third-order valence-electron chi connectivity index (χ3n) is 3.00. The molecule has 2 rings (SSSR count). The number of rotatable bonds is 5. The first-order valence-electron chi connectivity index (χ1n) is 6.45. The molecule has 0 aliphatic carbocycles. The number of hydrogen-bond donors (Lipinski definition) is 1. The summed E-state index contributed by atoms with van der Waals surface area (Å²) in [6.07, 6.45) is 1.33. The van der Waals surface area contributed by atoms with Crippen molar-refractivity contribution >= 4 is 21.7 Å². The smallest absolute Gasteiger partial charge is 0.335 e. The standard InChI is InChI=1S/C13H17NO5S/c1-2-5-19-12-8-10(13(15)16)7-11(9-12)14-4-3-6-20(14,17)18/h7-9H,2-6H2,1H3,(H,15,16). The fourth-order valence-electron chi connectivity index (χ4n) is 2.08. The Morgan fingerprint density at radius 3 is 2.70 bits per heavy atom. The lowest BCUT2D eigenvalue weighted by molar-refractivity contribution is 0.0696. The number of carboxylic acids is 1. The molecule has 1 heterocycles. The van der Waals surface area contributed by atoms with Crippen LogP contribution in [-0.4, -0.2) is 38.4 Å². The monoisotopic (exact) mass is 299 g/mol. The summed E-state index contributed by atoms with van der Waals surface area (Å²) in [5.41, 5.74) is 0.379. The van der Waals surface area contributed by atoms with Crippen LogP contribution in [0.2, 0.25) is 0 Å². The Bertz CT molecular complexity index is 611. The van der Waals surface area contributed by atoms with Gasteiger partial charge in [-0.3, -0.25) is 4.31 Å². The number of nitrogens with zero attached hydrogens (tertiary/aromatic N) is 1. The van der Waals surface area contributed by atoms with Gasteiger partial charge >= 0.3 is 5.97 Å². The van der Waals surface area contributed by atoms with Crippen molar-refractivity contribution in [2.24, 2.45) is 0 Å². The number of benzene rings is 1. The second-order valence-electron chi connectivity index (χ2n) is 4.61. The summed E-state index contributed by atoms with van der Waals surface area (Å²) in [4.78, 5) is 11.1. The maximum absolute atomic E-state index is 11.9. The van der Waals surface area contributed by atoms with Crippen LogP contribution in [0.4, 0.5) is 5.69 Å². The van der Waals surface area contributed by atoms with Gasteiger partial charge < -0.3 is 9.84 Å². The highest BCUT2D eigenvalue weighted by Gasteiger charge is 2.29. The van der Waals surface area contributed by atoms with E-state index >= 15 is 0 Å². The molecule has 0 aromatic heterocycles. The highest BCUT2D eigenvalue weighted by atomic mass is 32.2. The molecule has 7 heteroatoms. The average molecular weight is 299 g/mol. The van der Waals surface area contributed by atoms with Gasteiger partial charge in [0, 0.05) is 12.6 Å². The van der Waals surface area contributed by atoms with Crippen LogP contribution in [0, 0.1) is 0 Å². The molecule has 0 atom stereocenters.